The lowest BCUT2D eigenvalue weighted by Gasteiger charge is -2.12. The lowest BCUT2D eigenvalue weighted by molar-refractivity contribution is 0.188. The van der Waals surface area contributed by atoms with Gasteiger partial charge in [0.15, 0.2) is 0 Å². The number of aryl methyl sites for hydroxylation is 1. The summed E-state index contributed by atoms with van der Waals surface area (Å²) in [5.74, 6) is 1.33. The van der Waals surface area contributed by atoms with Gasteiger partial charge in [-0.3, -0.25) is 0 Å². The summed E-state index contributed by atoms with van der Waals surface area (Å²) in [6.45, 7) is 1.93. The molecule has 0 aliphatic rings. The number of ether oxygens (including phenoxy) is 1. The van der Waals surface area contributed by atoms with E-state index in [1.165, 1.54) is 0 Å². The highest BCUT2D eigenvalue weighted by Crippen LogP contribution is 2.27. The number of rotatable bonds is 3. The summed E-state index contributed by atoms with van der Waals surface area (Å²) in [4.78, 5) is 0. The van der Waals surface area contributed by atoms with Crippen molar-refractivity contribution in [1.82, 2.24) is 0 Å². The number of aliphatic hydroxyl groups excluding tert-OH is 1. The fourth-order valence-electron chi connectivity index (χ4n) is 1.68. The highest BCUT2D eigenvalue weighted by atomic mass is 16.5. The molecule has 1 aromatic carbocycles. The zero-order chi connectivity index (χ0) is 11.5. The van der Waals surface area contributed by atoms with Crippen molar-refractivity contribution in [3.8, 4) is 5.75 Å². The minimum Gasteiger partial charge on any atom is -0.497 e. The average Bonchev–Trinajstić information content (AvgIpc) is 2.81. The van der Waals surface area contributed by atoms with Crippen LogP contribution in [0, 0.1) is 6.92 Å². The topological polar surface area (TPSA) is 42.6 Å². The third-order valence-corrected chi connectivity index (χ3v) is 2.58. The first kappa shape index (κ1) is 10.8. The fourth-order valence-corrected chi connectivity index (χ4v) is 1.68. The third kappa shape index (κ3) is 1.95. The van der Waals surface area contributed by atoms with E-state index in [-0.39, 0.29) is 0 Å². The molecule has 0 aliphatic heterocycles. The van der Waals surface area contributed by atoms with Gasteiger partial charge in [0.1, 0.15) is 17.6 Å². The van der Waals surface area contributed by atoms with Gasteiger partial charge in [-0.15, -0.1) is 0 Å². The first-order chi connectivity index (χ1) is 7.72. The van der Waals surface area contributed by atoms with Crippen LogP contribution >= 0.6 is 0 Å². The molecule has 0 saturated carbocycles. The first-order valence-corrected chi connectivity index (χ1v) is 5.08. The average molecular weight is 218 g/mol. The summed E-state index contributed by atoms with van der Waals surface area (Å²) in [6, 6.07) is 9.09. The summed E-state index contributed by atoms with van der Waals surface area (Å²) in [6.07, 6.45) is 0.832. The second kappa shape index (κ2) is 4.41. The van der Waals surface area contributed by atoms with Crippen LogP contribution < -0.4 is 4.74 Å². The van der Waals surface area contributed by atoms with E-state index in [4.69, 9.17) is 9.15 Å². The highest BCUT2D eigenvalue weighted by molar-refractivity contribution is 5.38. The van der Waals surface area contributed by atoms with E-state index < -0.39 is 6.10 Å². The zero-order valence-corrected chi connectivity index (χ0v) is 9.31. The summed E-state index contributed by atoms with van der Waals surface area (Å²) in [7, 11) is 1.62. The molecule has 0 fully saturated rings. The largest absolute Gasteiger partial charge is 0.497 e. The molecule has 1 aromatic heterocycles. The van der Waals surface area contributed by atoms with Crippen LogP contribution in [0.2, 0.25) is 0 Å². The maximum absolute atomic E-state index is 10.1. The first-order valence-electron chi connectivity index (χ1n) is 5.08. The van der Waals surface area contributed by atoms with Crippen molar-refractivity contribution in [1.29, 1.82) is 0 Å². The lowest BCUT2D eigenvalue weighted by Crippen LogP contribution is -2.00. The summed E-state index contributed by atoms with van der Waals surface area (Å²) in [5.41, 5.74) is 1.80. The maximum Gasteiger partial charge on any atom is 0.137 e. The molecule has 0 aliphatic carbocycles. The number of furan rings is 1. The number of hydrogen-bond acceptors (Lipinski definition) is 3. The van der Waals surface area contributed by atoms with Crippen LogP contribution in [-0.4, -0.2) is 12.2 Å². The minimum atomic E-state index is -0.721. The molecule has 16 heavy (non-hydrogen) atoms. The molecule has 0 spiro atoms. The van der Waals surface area contributed by atoms with E-state index >= 15 is 0 Å². The van der Waals surface area contributed by atoms with Crippen molar-refractivity contribution >= 4 is 0 Å². The van der Waals surface area contributed by atoms with Gasteiger partial charge in [-0.25, -0.2) is 0 Å². The molecule has 2 rings (SSSR count). The van der Waals surface area contributed by atoms with Crippen molar-refractivity contribution < 1.29 is 14.3 Å². The van der Waals surface area contributed by atoms with E-state index in [0.29, 0.717) is 5.76 Å². The van der Waals surface area contributed by atoms with E-state index in [9.17, 15) is 5.11 Å². The van der Waals surface area contributed by atoms with Crippen LogP contribution in [0.5, 0.6) is 5.75 Å². The van der Waals surface area contributed by atoms with Gasteiger partial charge >= 0.3 is 0 Å². The second-order valence-electron chi connectivity index (χ2n) is 3.64. The highest BCUT2D eigenvalue weighted by Gasteiger charge is 2.15. The Kier molecular flexibility index (Phi) is 2.97. The van der Waals surface area contributed by atoms with Crippen LogP contribution in [0.1, 0.15) is 23.0 Å². The standard InChI is InChI=1S/C13H14O3/c1-9-8-10(15-2)5-6-11(9)13(14)12-4-3-7-16-12/h3-8,13-14H,1-2H3/t13-/m1/s1. The molecule has 1 heterocycles. The van der Waals surface area contributed by atoms with Gasteiger partial charge in [-0.05, 0) is 42.3 Å². The van der Waals surface area contributed by atoms with Crippen LogP contribution in [0.25, 0.3) is 0 Å². The molecule has 0 bridgehead atoms. The zero-order valence-electron chi connectivity index (χ0n) is 9.31. The van der Waals surface area contributed by atoms with Gasteiger partial charge in [0.2, 0.25) is 0 Å². The molecular formula is C13H14O3. The molecule has 0 amide bonds. The number of aliphatic hydroxyl groups is 1. The number of methoxy groups -OCH3 is 1. The minimum absolute atomic E-state index is 0.549. The van der Waals surface area contributed by atoms with E-state index in [1.807, 2.05) is 25.1 Å². The monoisotopic (exact) mass is 218 g/mol. The Morgan fingerprint density at radius 3 is 2.69 bits per heavy atom. The Labute approximate surface area is 94.3 Å². The maximum atomic E-state index is 10.1. The molecule has 3 heteroatoms. The Balaban J connectivity index is 2.34. The van der Waals surface area contributed by atoms with E-state index in [1.54, 1.807) is 25.5 Å². The van der Waals surface area contributed by atoms with Crippen molar-refractivity contribution in [2.24, 2.45) is 0 Å². The SMILES string of the molecule is COc1ccc([C@@H](O)c2ccco2)c(C)c1. The molecule has 1 atom stereocenters. The molecule has 1 N–H and O–H groups in total. The van der Waals surface area contributed by atoms with E-state index in [0.717, 1.165) is 16.9 Å². The Bertz CT molecular complexity index is 460. The molecular weight excluding hydrogens is 204 g/mol. The summed E-state index contributed by atoms with van der Waals surface area (Å²) >= 11 is 0. The van der Waals surface area contributed by atoms with Crippen LogP contribution in [0.4, 0.5) is 0 Å². The Morgan fingerprint density at radius 2 is 2.12 bits per heavy atom. The van der Waals surface area contributed by atoms with Gasteiger partial charge in [-0.1, -0.05) is 6.07 Å². The van der Waals surface area contributed by atoms with Crippen LogP contribution in [0.15, 0.2) is 41.0 Å². The smallest absolute Gasteiger partial charge is 0.137 e. The van der Waals surface area contributed by atoms with Gasteiger partial charge < -0.3 is 14.3 Å². The normalized spacial score (nSPS) is 12.4. The predicted octanol–water partition coefficient (Wildman–Crippen LogP) is 2.68. The van der Waals surface area contributed by atoms with Gasteiger partial charge in [0.05, 0.1) is 13.4 Å². The molecule has 84 valence electrons. The second-order valence-corrected chi connectivity index (χ2v) is 3.64. The van der Waals surface area contributed by atoms with Crippen molar-refractivity contribution in [3.63, 3.8) is 0 Å². The van der Waals surface area contributed by atoms with Crippen molar-refractivity contribution in [2.75, 3.05) is 7.11 Å². The van der Waals surface area contributed by atoms with Crippen LogP contribution in [-0.2, 0) is 0 Å². The quantitative estimate of drug-likeness (QED) is 0.861. The number of hydrogen-bond donors (Lipinski definition) is 1. The van der Waals surface area contributed by atoms with Gasteiger partial charge in [-0.2, -0.15) is 0 Å². The van der Waals surface area contributed by atoms with E-state index in [2.05, 4.69) is 0 Å². The number of benzene rings is 1. The molecule has 0 unspecified atom stereocenters. The van der Waals surface area contributed by atoms with Gasteiger partial charge in [0.25, 0.3) is 0 Å². The lowest BCUT2D eigenvalue weighted by atomic mass is 10.0. The Morgan fingerprint density at radius 1 is 1.31 bits per heavy atom. The molecule has 0 saturated heterocycles. The van der Waals surface area contributed by atoms with Crippen LogP contribution in [0.3, 0.4) is 0 Å². The summed E-state index contributed by atoms with van der Waals surface area (Å²) < 4.78 is 10.3. The molecule has 0 radical (unpaired) electrons. The van der Waals surface area contributed by atoms with Crippen molar-refractivity contribution in [2.45, 2.75) is 13.0 Å². The third-order valence-electron chi connectivity index (χ3n) is 2.58. The fraction of sp³-hybridized carbons (Fsp3) is 0.231. The summed E-state index contributed by atoms with van der Waals surface area (Å²) in [5, 5.41) is 10.1. The van der Waals surface area contributed by atoms with Crippen molar-refractivity contribution in [3.05, 3.63) is 53.5 Å². The molecule has 3 nitrogen and oxygen atoms in total. The Hall–Kier alpha value is -1.74. The predicted molar refractivity (Wildman–Crippen MR) is 60.5 cm³/mol. The molecule has 2 aromatic rings. The van der Waals surface area contributed by atoms with Gasteiger partial charge in [0, 0.05) is 0 Å².